The Morgan fingerprint density at radius 1 is 1.08 bits per heavy atom. The van der Waals surface area contributed by atoms with Crippen molar-refractivity contribution in [1.82, 2.24) is 9.55 Å². The summed E-state index contributed by atoms with van der Waals surface area (Å²) >= 11 is 0. The molecule has 0 saturated carbocycles. The molecule has 0 bridgehead atoms. The Hall–Kier alpha value is -4.03. The summed E-state index contributed by atoms with van der Waals surface area (Å²) in [6, 6.07) is 19.7. The number of nitrogens with zero attached hydrogens (tertiary/aromatic N) is 2. The molecule has 0 fully saturated rings. The Labute approximate surface area is 209 Å². The van der Waals surface area contributed by atoms with E-state index in [2.05, 4.69) is 11.1 Å². The van der Waals surface area contributed by atoms with E-state index in [9.17, 15) is 18.5 Å². The molecule has 1 heterocycles. The Morgan fingerprint density at radius 2 is 1.86 bits per heavy atom. The molecule has 4 aromatic rings. The van der Waals surface area contributed by atoms with Crippen molar-refractivity contribution >= 4 is 20.9 Å². The fourth-order valence-electron chi connectivity index (χ4n) is 4.42. The second-order valence-corrected chi connectivity index (χ2v) is 10.7. The van der Waals surface area contributed by atoms with Gasteiger partial charge in [0.25, 0.3) is 0 Å². The number of aromatic nitrogens is 2. The monoisotopic (exact) mass is 505 g/mol. The second kappa shape index (κ2) is 10.3. The first-order valence-electron chi connectivity index (χ1n) is 11.4. The Morgan fingerprint density at radius 3 is 2.56 bits per heavy atom. The first-order valence-corrected chi connectivity index (χ1v) is 13.5. The zero-order valence-corrected chi connectivity index (χ0v) is 21.1. The summed E-state index contributed by atoms with van der Waals surface area (Å²) in [4.78, 5) is 16.1. The summed E-state index contributed by atoms with van der Waals surface area (Å²) in [6.07, 6.45) is 1.42. The first kappa shape index (κ1) is 25.1. The van der Waals surface area contributed by atoms with E-state index in [1.54, 1.807) is 24.3 Å². The molecule has 1 N–H and O–H groups in total. The molecule has 0 aliphatic heterocycles. The molecule has 9 heteroatoms. The standard InChI is InChI=1S/C27H27N3O5S/c1-4-35-26-16-20(10-12-25(26)34-2)24(17-36(3,32)33)30-23-11-9-19(15-22(23)29-27(30)31)21-8-6-5-7-18(21)13-14-28/h5-12,15-16,24H,4,13,17H2,1-3H3,(H,29,31)/t24-/m0/s1. The maximum Gasteiger partial charge on any atom is 0.327 e. The average Bonchev–Trinajstić information content (AvgIpc) is 3.17. The molecule has 0 radical (unpaired) electrons. The van der Waals surface area contributed by atoms with Crippen LogP contribution in [0.3, 0.4) is 0 Å². The number of fused-ring (bicyclic) bond motifs is 1. The third-order valence-electron chi connectivity index (χ3n) is 5.96. The van der Waals surface area contributed by atoms with Crippen molar-refractivity contribution in [3.05, 3.63) is 82.3 Å². The van der Waals surface area contributed by atoms with Crippen LogP contribution in [0.2, 0.25) is 0 Å². The van der Waals surface area contributed by atoms with Gasteiger partial charge in [0.1, 0.15) is 9.84 Å². The molecule has 1 aromatic heterocycles. The van der Waals surface area contributed by atoms with Crippen molar-refractivity contribution in [3.63, 3.8) is 0 Å². The van der Waals surface area contributed by atoms with Gasteiger partial charge >= 0.3 is 5.69 Å². The number of hydrogen-bond acceptors (Lipinski definition) is 6. The predicted molar refractivity (Wildman–Crippen MR) is 139 cm³/mol. The minimum Gasteiger partial charge on any atom is -0.493 e. The van der Waals surface area contributed by atoms with Crippen LogP contribution in [0.5, 0.6) is 11.5 Å². The lowest BCUT2D eigenvalue weighted by molar-refractivity contribution is 0.310. The number of methoxy groups -OCH3 is 1. The lowest BCUT2D eigenvalue weighted by atomic mass is 9.97. The highest BCUT2D eigenvalue weighted by Crippen LogP contribution is 2.34. The van der Waals surface area contributed by atoms with E-state index in [-0.39, 0.29) is 12.2 Å². The Balaban J connectivity index is 1.88. The van der Waals surface area contributed by atoms with Crippen LogP contribution >= 0.6 is 0 Å². The lowest BCUT2D eigenvalue weighted by Crippen LogP contribution is -2.28. The predicted octanol–water partition coefficient (Wildman–Crippen LogP) is 4.10. The fourth-order valence-corrected chi connectivity index (χ4v) is 5.34. The van der Waals surface area contributed by atoms with Crippen molar-refractivity contribution in [2.75, 3.05) is 25.7 Å². The molecular formula is C27H27N3O5S. The van der Waals surface area contributed by atoms with E-state index >= 15 is 0 Å². The zero-order valence-electron chi connectivity index (χ0n) is 20.3. The second-order valence-electron chi connectivity index (χ2n) is 8.48. The van der Waals surface area contributed by atoms with Crippen molar-refractivity contribution < 1.29 is 17.9 Å². The normalized spacial score (nSPS) is 12.3. The van der Waals surface area contributed by atoms with Crippen LogP contribution in [0.25, 0.3) is 22.2 Å². The highest BCUT2D eigenvalue weighted by molar-refractivity contribution is 7.90. The summed E-state index contributed by atoms with van der Waals surface area (Å²) in [5.74, 6) is 0.718. The van der Waals surface area contributed by atoms with Gasteiger partial charge in [0.15, 0.2) is 11.5 Å². The number of rotatable bonds is 9. The molecule has 0 aliphatic rings. The summed E-state index contributed by atoms with van der Waals surface area (Å²) in [7, 11) is -1.93. The van der Waals surface area contributed by atoms with Crippen molar-refractivity contribution in [2.24, 2.45) is 0 Å². The van der Waals surface area contributed by atoms with Crippen LogP contribution in [0, 0.1) is 11.3 Å². The number of nitrogens with one attached hydrogen (secondary N) is 1. The Bertz CT molecular complexity index is 1610. The van der Waals surface area contributed by atoms with Crippen LogP contribution in [-0.2, 0) is 16.3 Å². The first-order chi connectivity index (χ1) is 17.3. The molecule has 0 unspecified atom stereocenters. The molecule has 3 aromatic carbocycles. The third-order valence-corrected chi connectivity index (χ3v) is 6.88. The van der Waals surface area contributed by atoms with Crippen LogP contribution in [-0.4, -0.2) is 43.7 Å². The van der Waals surface area contributed by atoms with Gasteiger partial charge in [0.2, 0.25) is 0 Å². The molecule has 1 atom stereocenters. The van der Waals surface area contributed by atoms with Crippen molar-refractivity contribution in [1.29, 1.82) is 5.26 Å². The quantitative estimate of drug-likeness (QED) is 0.366. The minimum atomic E-state index is -3.46. The molecule has 0 saturated heterocycles. The van der Waals surface area contributed by atoms with Gasteiger partial charge in [-0.15, -0.1) is 0 Å². The topological polar surface area (TPSA) is 114 Å². The molecule has 36 heavy (non-hydrogen) atoms. The van der Waals surface area contributed by atoms with E-state index in [1.807, 2.05) is 43.3 Å². The minimum absolute atomic E-state index is 0.266. The molecular weight excluding hydrogens is 478 g/mol. The van der Waals surface area contributed by atoms with Gasteiger partial charge in [-0.05, 0) is 53.4 Å². The largest absolute Gasteiger partial charge is 0.493 e. The number of H-pyrrole nitrogens is 1. The van der Waals surface area contributed by atoms with Crippen LogP contribution in [0.4, 0.5) is 0 Å². The van der Waals surface area contributed by atoms with E-state index in [1.165, 1.54) is 11.7 Å². The number of ether oxygens (including phenoxy) is 2. The van der Waals surface area contributed by atoms with Gasteiger partial charge in [-0.2, -0.15) is 5.26 Å². The zero-order chi connectivity index (χ0) is 25.9. The summed E-state index contributed by atoms with van der Waals surface area (Å²) in [5, 5.41) is 9.18. The average molecular weight is 506 g/mol. The summed E-state index contributed by atoms with van der Waals surface area (Å²) in [5.41, 5.74) is 3.97. The number of imidazole rings is 1. The van der Waals surface area contributed by atoms with Crippen molar-refractivity contribution in [2.45, 2.75) is 19.4 Å². The summed E-state index contributed by atoms with van der Waals surface area (Å²) < 4.78 is 37.4. The van der Waals surface area contributed by atoms with Gasteiger partial charge in [-0.1, -0.05) is 36.4 Å². The molecule has 0 aliphatic carbocycles. The number of sulfone groups is 1. The van der Waals surface area contributed by atoms with Crippen molar-refractivity contribution in [3.8, 4) is 28.7 Å². The Kier molecular flexibility index (Phi) is 7.17. The van der Waals surface area contributed by atoms with E-state index in [0.29, 0.717) is 34.7 Å². The van der Waals surface area contributed by atoms with Gasteiger partial charge < -0.3 is 14.5 Å². The molecule has 0 spiro atoms. The molecule has 0 amide bonds. The molecule has 186 valence electrons. The summed E-state index contributed by atoms with van der Waals surface area (Å²) in [6.45, 7) is 2.25. The number of hydrogen-bond donors (Lipinski definition) is 1. The number of aromatic amines is 1. The van der Waals surface area contributed by atoms with Crippen LogP contribution in [0.1, 0.15) is 24.1 Å². The van der Waals surface area contributed by atoms with Gasteiger partial charge in [0.05, 0.1) is 49.0 Å². The van der Waals surface area contributed by atoms with Gasteiger partial charge in [-0.3, -0.25) is 4.57 Å². The lowest BCUT2D eigenvalue weighted by Gasteiger charge is -2.20. The highest BCUT2D eigenvalue weighted by atomic mass is 32.2. The third kappa shape index (κ3) is 5.14. The smallest absolute Gasteiger partial charge is 0.327 e. The number of benzene rings is 3. The van der Waals surface area contributed by atoms with E-state index < -0.39 is 21.6 Å². The van der Waals surface area contributed by atoms with E-state index in [0.717, 1.165) is 22.9 Å². The maximum atomic E-state index is 13.2. The highest BCUT2D eigenvalue weighted by Gasteiger charge is 2.25. The van der Waals surface area contributed by atoms with Gasteiger partial charge in [0, 0.05) is 6.26 Å². The van der Waals surface area contributed by atoms with Crippen LogP contribution < -0.4 is 15.2 Å². The van der Waals surface area contributed by atoms with Gasteiger partial charge in [-0.25, -0.2) is 13.2 Å². The maximum absolute atomic E-state index is 13.2. The SMILES string of the molecule is CCOc1cc([C@H](CS(C)(=O)=O)n2c(=O)[nH]c3cc(-c4ccccc4CC#N)ccc32)ccc1OC. The molecule has 4 rings (SSSR count). The number of nitriles is 1. The molecule has 8 nitrogen and oxygen atoms in total. The van der Waals surface area contributed by atoms with E-state index in [4.69, 9.17) is 9.47 Å². The van der Waals surface area contributed by atoms with Crippen LogP contribution in [0.15, 0.2) is 65.5 Å². The fraction of sp³-hybridized carbons (Fsp3) is 0.259.